The van der Waals surface area contributed by atoms with Gasteiger partial charge < -0.3 is 5.32 Å². The first-order valence-electron chi connectivity index (χ1n) is 9.70. The maximum absolute atomic E-state index is 13.6. The summed E-state index contributed by atoms with van der Waals surface area (Å²) in [6, 6.07) is 4.79. The number of hydrogen-bond donors (Lipinski definition) is 1. The fourth-order valence-electron chi connectivity index (χ4n) is 5.06. The van der Waals surface area contributed by atoms with Crippen LogP contribution in [0.1, 0.15) is 43.0 Å². The zero-order chi connectivity index (χ0) is 20.9. The molecule has 1 amide bonds. The monoisotopic (exact) mass is 408 g/mol. The Labute approximate surface area is 171 Å². The average molecular weight is 408 g/mol. The summed E-state index contributed by atoms with van der Waals surface area (Å²) in [5.74, 6) is -0.807. The number of carbonyl (C=O) groups excluding carboxylic acids is 1. The molecule has 3 fully saturated rings. The van der Waals surface area contributed by atoms with Crippen LogP contribution in [0.25, 0.3) is 0 Å². The van der Waals surface area contributed by atoms with E-state index >= 15 is 0 Å². The van der Waals surface area contributed by atoms with Crippen molar-refractivity contribution in [2.45, 2.75) is 31.7 Å². The topological polar surface area (TPSA) is 94.3 Å². The minimum atomic E-state index is -0.661. The van der Waals surface area contributed by atoms with Gasteiger partial charge in [-0.1, -0.05) is 0 Å². The molecule has 3 saturated carbocycles. The third-order valence-corrected chi connectivity index (χ3v) is 6.31. The van der Waals surface area contributed by atoms with Gasteiger partial charge >= 0.3 is 0 Å². The van der Waals surface area contributed by atoms with Crippen LogP contribution in [0.2, 0.25) is 0 Å². The summed E-state index contributed by atoms with van der Waals surface area (Å²) in [6.07, 6.45) is 7.22. The highest BCUT2D eigenvalue weighted by molar-refractivity contribution is 5.88. The van der Waals surface area contributed by atoms with Gasteiger partial charge in [0.25, 0.3) is 0 Å². The van der Waals surface area contributed by atoms with Crippen molar-refractivity contribution in [2.75, 3.05) is 11.9 Å². The first-order chi connectivity index (χ1) is 14.4. The van der Waals surface area contributed by atoms with Gasteiger partial charge in [0, 0.05) is 25.2 Å². The van der Waals surface area contributed by atoms with E-state index in [9.17, 15) is 13.6 Å². The van der Waals surface area contributed by atoms with E-state index in [4.69, 9.17) is 5.26 Å². The molecule has 7 nitrogen and oxygen atoms in total. The standard InChI is InChI=1S/C21H18F2N6O/c22-14-3-13(4-15(23)5-14)17-1-2-28-29(17)19(30)21-9-20(10-21,11-21)12-27-18-8-25-16(6-24)7-26-18/h2-5,7-8,17H,1,9-12H2,(H,26,27). The molecule has 30 heavy (non-hydrogen) atoms. The normalized spacial score (nSPS) is 28.4. The van der Waals surface area contributed by atoms with Crippen molar-refractivity contribution >= 4 is 17.9 Å². The van der Waals surface area contributed by atoms with Crippen molar-refractivity contribution in [1.29, 1.82) is 5.26 Å². The van der Waals surface area contributed by atoms with Gasteiger partial charge in [-0.25, -0.2) is 23.8 Å². The fraction of sp³-hybridized carbons (Fsp3) is 0.381. The van der Waals surface area contributed by atoms with E-state index in [0.717, 1.165) is 25.3 Å². The molecule has 0 spiro atoms. The van der Waals surface area contributed by atoms with Crippen LogP contribution in [-0.4, -0.2) is 33.6 Å². The molecule has 1 aliphatic heterocycles. The molecule has 2 heterocycles. The Morgan fingerprint density at radius 2 is 1.93 bits per heavy atom. The highest BCUT2D eigenvalue weighted by atomic mass is 19.1. The average Bonchev–Trinajstić information content (AvgIpc) is 3.15. The second-order valence-corrected chi connectivity index (χ2v) is 8.46. The van der Waals surface area contributed by atoms with Gasteiger partial charge in [0.1, 0.15) is 23.5 Å². The molecule has 1 aromatic heterocycles. The van der Waals surface area contributed by atoms with Crippen molar-refractivity contribution in [2.24, 2.45) is 15.9 Å². The largest absolute Gasteiger partial charge is 0.368 e. The van der Waals surface area contributed by atoms with E-state index < -0.39 is 23.1 Å². The Bertz CT molecular complexity index is 1050. The molecule has 2 aromatic rings. The van der Waals surface area contributed by atoms with Crippen LogP contribution in [0.3, 0.4) is 0 Å². The molecule has 1 atom stereocenters. The van der Waals surface area contributed by atoms with E-state index in [2.05, 4.69) is 20.4 Å². The van der Waals surface area contributed by atoms with Gasteiger partial charge in [0.05, 0.1) is 23.9 Å². The molecule has 1 aromatic carbocycles. The SMILES string of the molecule is N#Cc1cnc(NCC23CC(C(=O)N4N=CCC4c4cc(F)cc(F)c4)(C2)C3)cn1. The molecular weight excluding hydrogens is 390 g/mol. The molecule has 0 saturated heterocycles. The van der Waals surface area contributed by atoms with Crippen LogP contribution in [0.4, 0.5) is 14.6 Å². The van der Waals surface area contributed by atoms with E-state index in [1.54, 1.807) is 6.21 Å². The first-order valence-corrected chi connectivity index (χ1v) is 9.70. The third-order valence-electron chi connectivity index (χ3n) is 6.31. The second-order valence-electron chi connectivity index (χ2n) is 8.46. The van der Waals surface area contributed by atoms with E-state index in [1.807, 2.05) is 6.07 Å². The highest BCUT2D eigenvalue weighted by Crippen LogP contribution is 2.74. The predicted molar refractivity (Wildman–Crippen MR) is 103 cm³/mol. The number of nitriles is 1. The van der Waals surface area contributed by atoms with Gasteiger partial charge in [-0.3, -0.25) is 4.79 Å². The second kappa shape index (κ2) is 6.55. The summed E-state index contributed by atoms with van der Waals surface area (Å²) >= 11 is 0. The van der Waals surface area contributed by atoms with Crippen molar-refractivity contribution in [3.63, 3.8) is 0 Å². The number of anilines is 1. The minimum absolute atomic E-state index is 0.0368. The Morgan fingerprint density at radius 3 is 2.57 bits per heavy atom. The number of hydrazone groups is 1. The number of amides is 1. The predicted octanol–water partition coefficient (Wildman–Crippen LogP) is 3.17. The summed E-state index contributed by atoms with van der Waals surface area (Å²) in [6.45, 7) is 0.671. The summed E-state index contributed by atoms with van der Waals surface area (Å²) in [4.78, 5) is 21.3. The Balaban J connectivity index is 1.22. The van der Waals surface area contributed by atoms with Crippen LogP contribution >= 0.6 is 0 Å². The van der Waals surface area contributed by atoms with Crippen molar-refractivity contribution in [1.82, 2.24) is 15.0 Å². The fourth-order valence-corrected chi connectivity index (χ4v) is 5.06. The summed E-state index contributed by atoms with van der Waals surface area (Å²) in [5.41, 5.74) is 0.272. The Morgan fingerprint density at radius 1 is 1.20 bits per heavy atom. The lowest BCUT2D eigenvalue weighted by molar-refractivity contribution is -0.212. The van der Waals surface area contributed by atoms with Crippen LogP contribution in [0.5, 0.6) is 0 Å². The minimum Gasteiger partial charge on any atom is -0.368 e. The molecule has 9 heteroatoms. The smallest absolute Gasteiger partial charge is 0.249 e. The summed E-state index contributed by atoms with van der Waals surface area (Å²) < 4.78 is 27.3. The zero-order valence-corrected chi connectivity index (χ0v) is 16.0. The molecule has 4 aliphatic rings. The van der Waals surface area contributed by atoms with Crippen molar-refractivity contribution < 1.29 is 13.6 Å². The van der Waals surface area contributed by atoms with E-state index in [0.29, 0.717) is 24.3 Å². The number of nitrogens with zero attached hydrogens (tertiary/aromatic N) is 5. The summed E-state index contributed by atoms with van der Waals surface area (Å²) in [5, 5.41) is 17.6. The van der Waals surface area contributed by atoms with Crippen LogP contribution in [0.15, 0.2) is 35.7 Å². The Hall–Kier alpha value is -3.41. The quantitative estimate of drug-likeness (QED) is 0.820. The number of rotatable bonds is 5. The molecule has 3 aliphatic carbocycles. The van der Waals surface area contributed by atoms with Crippen molar-refractivity contribution in [3.05, 3.63) is 53.5 Å². The lowest BCUT2D eigenvalue weighted by Crippen LogP contribution is -2.69. The zero-order valence-electron chi connectivity index (χ0n) is 16.0. The number of benzene rings is 1. The highest BCUT2D eigenvalue weighted by Gasteiger charge is 2.72. The molecule has 1 N–H and O–H groups in total. The molecule has 152 valence electrons. The third kappa shape index (κ3) is 2.91. The van der Waals surface area contributed by atoms with Crippen molar-refractivity contribution in [3.8, 4) is 6.07 Å². The van der Waals surface area contributed by atoms with E-state index in [-0.39, 0.29) is 17.0 Å². The van der Waals surface area contributed by atoms with Gasteiger partial charge in [0.2, 0.25) is 5.91 Å². The first kappa shape index (κ1) is 18.6. The van der Waals surface area contributed by atoms with Gasteiger partial charge in [-0.05, 0) is 42.4 Å². The maximum atomic E-state index is 13.6. The number of hydrogen-bond acceptors (Lipinski definition) is 6. The number of nitrogens with one attached hydrogen (secondary N) is 1. The van der Waals surface area contributed by atoms with Gasteiger partial charge in [0.15, 0.2) is 5.69 Å². The maximum Gasteiger partial charge on any atom is 0.249 e. The molecule has 6 rings (SSSR count). The van der Waals surface area contributed by atoms with Gasteiger partial charge in [-0.15, -0.1) is 0 Å². The molecule has 0 radical (unpaired) electrons. The van der Waals surface area contributed by atoms with Crippen LogP contribution in [-0.2, 0) is 4.79 Å². The molecule has 1 unspecified atom stereocenters. The lowest BCUT2D eigenvalue weighted by Gasteiger charge is -2.69. The van der Waals surface area contributed by atoms with E-state index in [1.165, 1.54) is 29.5 Å². The van der Waals surface area contributed by atoms with Crippen LogP contribution < -0.4 is 5.32 Å². The number of carbonyl (C=O) groups is 1. The Kier molecular flexibility index (Phi) is 4.07. The number of halogens is 2. The molecular formula is C21H18F2N6O. The molecule has 2 bridgehead atoms. The summed E-state index contributed by atoms with van der Waals surface area (Å²) in [7, 11) is 0. The van der Waals surface area contributed by atoms with Crippen LogP contribution in [0, 0.1) is 33.8 Å². The van der Waals surface area contributed by atoms with Gasteiger partial charge in [-0.2, -0.15) is 10.4 Å². The number of aromatic nitrogens is 2. The lowest BCUT2D eigenvalue weighted by atomic mass is 9.34.